The highest BCUT2D eigenvalue weighted by molar-refractivity contribution is 6.35. The maximum absolute atomic E-state index is 13.6. The maximum atomic E-state index is 13.6. The van der Waals surface area contributed by atoms with Crippen LogP contribution in [-0.2, 0) is 6.54 Å². The van der Waals surface area contributed by atoms with E-state index >= 15 is 0 Å². The van der Waals surface area contributed by atoms with Gasteiger partial charge in [0.2, 0.25) is 0 Å². The molecule has 0 aliphatic carbocycles. The fourth-order valence-corrected chi connectivity index (χ4v) is 2.95. The van der Waals surface area contributed by atoms with E-state index in [0.29, 0.717) is 22.9 Å². The fraction of sp³-hybridized carbons (Fsp3) is 0.294. The van der Waals surface area contributed by atoms with E-state index in [1.807, 2.05) is 32.9 Å². The van der Waals surface area contributed by atoms with Crippen molar-refractivity contribution in [3.05, 3.63) is 62.4 Å². The molecule has 1 atom stereocenters. The number of aryl methyl sites for hydroxylation is 2. The van der Waals surface area contributed by atoms with Crippen LogP contribution in [0.25, 0.3) is 0 Å². The third-order valence-corrected chi connectivity index (χ3v) is 4.29. The van der Waals surface area contributed by atoms with Crippen molar-refractivity contribution in [2.75, 3.05) is 0 Å². The summed E-state index contributed by atoms with van der Waals surface area (Å²) in [5, 5.41) is 13.5. The minimum absolute atomic E-state index is 0.0192. The molecule has 2 nitrogen and oxygen atoms in total. The summed E-state index contributed by atoms with van der Waals surface area (Å²) < 4.78 is 13.6. The summed E-state index contributed by atoms with van der Waals surface area (Å²) in [4.78, 5) is 0. The van der Waals surface area contributed by atoms with E-state index in [1.54, 1.807) is 0 Å². The standard InChI is InChI=1S/C17H18Cl2FNO/c1-9-4-12(5-10(2)17(9)22)8-21-11(3)13-6-16(20)15(19)7-14(13)18/h4-7,11,21-22H,8H2,1-3H3. The first-order chi connectivity index (χ1) is 10.3. The number of phenols is 1. The van der Waals surface area contributed by atoms with E-state index in [-0.39, 0.29) is 11.1 Å². The Morgan fingerprint density at radius 2 is 1.68 bits per heavy atom. The lowest BCUT2D eigenvalue weighted by Gasteiger charge is -2.17. The lowest BCUT2D eigenvalue weighted by atomic mass is 10.0. The van der Waals surface area contributed by atoms with Gasteiger partial charge in [-0.15, -0.1) is 0 Å². The molecule has 0 heterocycles. The molecule has 5 heteroatoms. The second-order valence-corrected chi connectivity index (χ2v) is 6.28. The molecule has 0 fully saturated rings. The van der Waals surface area contributed by atoms with Crippen LogP contribution in [0.1, 0.15) is 35.2 Å². The van der Waals surface area contributed by atoms with Gasteiger partial charge >= 0.3 is 0 Å². The molecular weight excluding hydrogens is 324 g/mol. The lowest BCUT2D eigenvalue weighted by molar-refractivity contribution is 0.466. The molecule has 0 aromatic heterocycles. The minimum Gasteiger partial charge on any atom is -0.507 e. The van der Waals surface area contributed by atoms with Crippen LogP contribution >= 0.6 is 23.2 Å². The predicted molar refractivity (Wildman–Crippen MR) is 89.3 cm³/mol. The number of phenolic OH excluding ortho intramolecular Hbond substituents is 1. The zero-order chi connectivity index (χ0) is 16.4. The maximum Gasteiger partial charge on any atom is 0.142 e. The number of rotatable bonds is 4. The number of nitrogens with one attached hydrogen (secondary N) is 1. The second-order valence-electron chi connectivity index (χ2n) is 5.47. The Kier molecular flexibility index (Phi) is 5.32. The highest BCUT2D eigenvalue weighted by Gasteiger charge is 2.13. The average Bonchev–Trinajstić information content (AvgIpc) is 2.45. The van der Waals surface area contributed by atoms with Gasteiger partial charge in [0, 0.05) is 17.6 Å². The molecule has 0 saturated carbocycles. The van der Waals surface area contributed by atoms with Crippen LogP contribution in [0.5, 0.6) is 5.75 Å². The summed E-state index contributed by atoms with van der Waals surface area (Å²) in [6, 6.07) is 6.49. The van der Waals surface area contributed by atoms with Crippen molar-refractivity contribution < 1.29 is 9.50 Å². The van der Waals surface area contributed by atoms with Crippen LogP contribution in [0, 0.1) is 19.7 Å². The Bertz CT molecular complexity index is 680. The Labute approximate surface area is 139 Å². The predicted octanol–water partition coefficient (Wildman–Crippen LogP) is 5.31. The number of aromatic hydroxyl groups is 1. The van der Waals surface area contributed by atoms with E-state index in [4.69, 9.17) is 23.2 Å². The molecule has 0 aliphatic rings. The Morgan fingerprint density at radius 1 is 1.09 bits per heavy atom. The fourth-order valence-electron chi connectivity index (χ4n) is 2.40. The topological polar surface area (TPSA) is 32.3 Å². The smallest absolute Gasteiger partial charge is 0.142 e. The summed E-state index contributed by atoms with van der Waals surface area (Å²) >= 11 is 11.8. The van der Waals surface area contributed by atoms with Gasteiger partial charge in [-0.1, -0.05) is 35.3 Å². The Morgan fingerprint density at radius 3 is 2.27 bits per heavy atom. The van der Waals surface area contributed by atoms with Gasteiger partial charge in [0.1, 0.15) is 11.6 Å². The van der Waals surface area contributed by atoms with Gasteiger partial charge in [-0.2, -0.15) is 0 Å². The van der Waals surface area contributed by atoms with E-state index in [1.165, 1.54) is 12.1 Å². The summed E-state index contributed by atoms with van der Waals surface area (Å²) in [5.41, 5.74) is 3.38. The molecule has 2 aromatic carbocycles. The minimum atomic E-state index is -0.481. The summed E-state index contributed by atoms with van der Waals surface area (Å²) in [6.07, 6.45) is 0. The van der Waals surface area contributed by atoms with Crippen molar-refractivity contribution in [3.63, 3.8) is 0 Å². The quantitative estimate of drug-likeness (QED) is 0.739. The molecule has 1 unspecified atom stereocenters. The van der Waals surface area contributed by atoms with Crippen molar-refractivity contribution in [2.24, 2.45) is 0 Å². The van der Waals surface area contributed by atoms with Crippen LogP contribution in [0.2, 0.25) is 10.0 Å². The van der Waals surface area contributed by atoms with E-state index in [9.17, 15) is 9.50 Å². The molecule has 0 aliphatic heterocycles. The molecule has 0 saturated heterocycles. The summed E-state index contributed by atoms with van der Waals surface area (Å²) in [5.74, 6) is -0.161. The summed E-state index contributed by atoms with van der Waals surface area (Å²) in [7, 11) is 0. The molecule has 0 radical (unpaired) electrons. The normalized spacial score (nSPS) is 12.5. The van der Waals surface area contributed by atoms with Crippen LogP contribution in [0.3, 0.4) is 0 Å². The lowest BCUT2D eigenvalue weighted by Crippen LogP contribution is -2.18. The van der Waals surface area contributed by atoms with Crippen molar-refractivity contribution in [3.8, 4) is 5.75 Å². The van der Waals surface area contributed by atoms with Gasteiger partial charge < -0.3 is 10.4 Å². The molecule has 0 spiro atoms. The highest BCUT2D eigenvalue weighted by Crippen LogP contribution is 2.29. The molecule has 0 bridgehead atoms. The first kappa shape index (κ1) is 17.1. The molecule has 2 N–H and O–H groups in total. The second kappa shape index (κ2) is 6.86. The first-order valence-electron chi connectivity index (χ1n) is 6.96. The Balaban J connectivity index is 2.13. The van der Waals surface area contributed by atoms with E-state index < -0.39 is 5.82 Å². The summed E-state index contributed by atoms with van der Waals surface area (Å²) in [6.45, 7) is 6.22. The number of benzene rings is 2. The monoisotopic (exact) mass is 341 g/mol. The van der Waals surface area contributed by atoms with Gasteiger partial charge in [-0.3, -0.25) is 0 Å². The molecule has 2 aromatic rings. The van der Waals surface area contributed by atoms with E-state index in [2.05, 4.69) is 5.32 Å². The van der Waals surface area contributed by atoms with Gasteiger partial charge in [-0.05, 0) is 55.2 Å². The van der Waals surface area contributed by atoms with Crippen LogP contribution < -0.4 is 5.32 Å². The largest absolute Gasteiger partial charge is 0.507 e. The van der Waals surface area contributed by atoms with Crippen molar-refractivity contribution in [1.29, 1.82) is 0 Å². The SMILES string of the molecule is Cc1cc(CNC(C)c2cc(F)c(Cl)cc2Cl)cc(C)c1O. The highest BCUT2D eigenvalue weighted by atomic mass is 35.5. The average molecular weight is 342 g/mol. The zero-order valence-corrected chi connectivity index (χ0v) is 14.2. The molecular formula is C17H18Cl2FNO. The van der Waals surface area contributed by atoms with Gasteiger partial charge in [0.25, 0.3) is 0 Å². The molecule has 118 valence electrons. The zero-order valence-electron chi connectivity index (χ0n) is 12.7. The van der Waals surface area contributed by atoms with Gasteiger partial charge in [-0.25, -0.2) is 4.39 Å². The van der Waals surface area contributed by atoms with Crippen molar-refractivity contribution in [1.82, 2.24) is 5.32 Å². The third-order valence-electron chi connectivity index (χ3n) is 3.67. The van der Waals surface area contributed by atoms with Gasteiger partial charge in [0.05, 0.1) is 5.02 Å². The third kappa shape index (κ3) is 3.72. The van der Waals surface area contributed by atoms with Gasteiger partial charge in [0.15, 0.2) is 0 Å². The van der Waals surface area contributed by atoms with Crippen LogP contribution in [0.15, 0.2) is 24.3 Å². The van der Waals surface area contributed by atoms with Crippen molar-refractivity contribution >= 4 is 23.2 Å². The van der Waals surface area contributed by atoms with Crippen LogP contribution in [0.4, 0.5) is 4.39 Å². The first-order valence-corrected chi connectivity index (χ1v) is 7.72. The molecule has 22 heavy (non-hydrogen) atoms. The Hall–Kier alpha value is -1.29. The van der Waals surface area contributed by atoms with E-state index in [0.717, 1.165) is 16.7 Å². The van der Waals surface area contributed by atoms with Crippen molar-refractivity contribution in [2.45, 2.75) is 33.4 Å². The number of hydrogen-bond donors (Lipinski definition) is 2. The molecule has 0 amide bonds. The molecule has 2 rings (SSSR count). The number of halogens is 3. The van der Waals surface area contributed by atoms with Crippen LogP contribution in [-0.4, -0.2) is 5.11 Å². The number of hydrogen-bond acceptors (Lipinski definition) is 2.